The van der Waals surface area contributed by atoms with Crippen LogP contribution in [-0.2, 0) is 9.59 Å². The Labute approximate surface area is 171 Å². The average Bonchev–Trinajstić information content (AvgIpc) is 3.10. The molecule has 0 radical (unpaired) electrons. The zero-order chi connectivity index (χ0) is 19.9. The van der Waals surface area contributed by atoms with Gasteiger partial charge in [-0.3, -0.25) is 9.59 Å². The molecule has 0 fully saturated rings. The van der Waals surface area contributed by atoms with Crippen molar-refractivity contribution in [1.29, 1.82) is 0 Å². The highest BCUT2D eigenvalue weighted by molar-refractivity contribution is 8.02. The molecule has 144 valence electrons. The highest BCUT2D eigenvalue weighted by atomic mass is 32.2. The van der Waals surface area contributed by atoms with Crippen LogP contribution in [0.3, 0.4) is 0 Å². The summed E-state index contributed by atoms with van der Waals surface area (Å²) in [7, 11) is 0. The molecule has 9 heteroatoms. The molecule has 0 saturated carbocycles. The number of nitrogens with one attached hydrogen (secondary N) is 3. The van der Waals surface area contributed by atoms with E-state index in [-0.39, 0.29) is 17.1 Å². The average molecular weight is 414 g/mol. The van der Waals surface area contributed by atoms with E-state index in [1.165, 1.54) is 30.0 Å². The third-order valence-corrected chi connectivity index (χ3v) is 5.57. The summed E-state index contributed by atoms with van der Waals surface area (Å²) in [6, 6.07) is 16.7. The van der Waals surface area contributed by atoms with Gasteiger partial charge < -0.3 is 16.0 Å². The Hall–Kier alpha value is -2.91. The lowest BCUT2D eigenvalue weighted by Crippen LogP contribution is -2.22. The fraction of sp³-hybridized carbons (Fsp3) is 0.158. The smallest absolute Gasteiger partial charge is 0.237 e. The van der Waals surface area contributed by atoms with Crippen LogP contribution in [0.1, 0.15) is 13.8 Å². The first kappa shape index (κ1) is 19.8. The van der Waals surface area contributed by atoms with E-state index in [4.69, 9.17) is 0 Å². The molecule has 0 aliphatic heterocycles. The molecule has 1 atom stereocenters. The minimum atomic E-state index is -0.340. The van der Waals surface area contributed by atoms with Crippen molar-refractivity contribution in [3.05, 3.63) is 54.6 Å². The number of thioether (sulfide) groups is 1. The van der Waals surface area contributed by atoms with Crippen LogP contribution in [0.15, 0.2) is 58.9 Å². The van der Waals surface area contributed by atoms with Gasteiger partial charge in [-0.2, -0.15) is 0 Å². The maximum Gasteiger partial charge on any atom is 0.237 e. The Morgan fingerprint density at radius 1 is 0.929 bits per heavy atom. The lowest BCUT2D eigenvalue weighted by Gasteiger charge is -2.11. The van der Waals surface area contributed by atoms with E-state index in [2.05, 4.69) is 26.1 Å². The predicted octanol–water partition coefficient (Wildman–Crippen LogP) is 4.36. The maximum atomic E-state index is 12.4. The molecule has 0 saturated heterocycles. The van der Waals surface area contributed by atoms with Crippen LogP contribution >= 0.6 is 23.1 Å². The van der Waals surface area contributed by atoms with Gasteiger partial charge in [-0.25, -0.2) is 0 Å². The lowest BCUT2D eigenvalue weighted by molar-refractivity contribution is -0.115. The molecule has 0 aliphatic carbocycles. The minimum Gasteiger partial charge on any atom is -0.330 e. The molecule has 3 rings (SSSR count). The van der Waals surface area contributed by atoms with Crippen molar-refractivity contribution in [2.75, 3.05) is 16.0 Å². The van der Waals surface area contributed by atoms with Crippen molar-refractivity contribution >= 4 is 57.1 Å². The number of carbonyl (C=O) groups excluding carboxylic acids is 2. The van der Waals surface area contributed by atoms with Crippen molar-refractivity contribution in [2.45, 2.75) is 23.4 Å². The fourth-order valence-corrected chi connectivity index (χ4v) is 4.16. The summed E-state index contributed by atoms with van der Waals surface area (Å²) in [5.74, 6) is -0.273. The van der Waals surface area contributed by atoms with E-state index in [1.807, 2.05) is 37.3 Å². The van der Waals surface area contributed by atoms with E-state index < -0.39 is 0 Å². The van der Waals surface area contributed by atoms with Gasteiger partial charge >= 0.3 is 0 Å². The van der Waals surface area contributed by atoms with Crippen LogP contribution in [0, 0.1) is 0 Å². The zero-order valence-electron chi connectivity index (χ0n) is 15.3. The molecule has 3 N–H and O–H groups in total. The number of carbonyl (C=O) groups is 2. The topological polar surface area (TPSA) is 96.0 Å². The van der Waals surface area contributed by atoms with Gasteiger partial charge in [0.1, 0.15) is 0 Å². The first-order valence-corrected chi connectivity index (χ1v) is 10.2. The van der Waals surface area contributed by atoms with Gasteiger partial charge in [0.25, 0.3) is 0 Å². The number of anilines is 4. The third-order valence-electron chi connectivity index (χ3n) is 3.55. The molecular weight excluding hydrogens is 394 g/mol. The van der Waals surface area contributed by atoms with E-state index in [1.54, 1.807) is 24.3 Å². The standard InChI is InChI=1S/C19H19N5O2S2/c1-12(17(26)21-16-10-8-15(9-11-16)20-13(2)25)27-19-24-23-18(28-19)22-14-6-4-3-5-7-14/h3-12H,1-2H3,(H,20,25)(H,21,26)(H,22,23)/t12-/m0/s1. The maximum absolute atomic E-state index is 12.4. The number of hydrogen-bond donors (Lipinski definition) is 3. The number of para-hydroxylation sites is 1. The van der Waals surface area contributed by atoms with Gasteiger partial charge in [-0.05, 0) is 43.3 Å². The van der Waals surface area contributed by atoms with Crippen LogP contribution in [0.5, 0.6) is 0 Å². The molecule has 7 nitrogen and oxygen atoms in total. The Morgan fingerprint density at radius 3 is 2.21 bits per heavy atom. The van der Waals surface area contributed by atoms with Crippen LogP contribution in [0.4, 0.5) is 22.2 Å². The molecule has 1 aromatic heterocycles. The van der Waals surface area contributed by atoms with Gasteiger partial charge in [-0.1, -0.05) is 41.3 Å². The van der Waals surface area contributed by atoms with E-state index in [0.29, 0.717) is 20.8 Å². The van der Waals surface area contributed by atoms with Gasteiger partial charge in [0.15, 0.2) is 4.34 Å². The van der Waals surface area contributed by atoms with Crippen LogP contribution < -0.4 is 16.0 Å². The molecule has 3 aromatic rings. The van der Waals surface area contributed by atoms with Crippen LogP contribution in [0.2, 0.25) is 0 Å². The number of nitrogens with zero attached hydrogens (tertiary/aromatic N) is 2. The molecule has 0 unspecified atom stereocenters. The monoisotopic (exact) mass is 413 g/mol. The summed E-state index contributed by atoms with van der Waals surface area (Å²) < 4.78 is 0.710. The molecule has 2 amide bonds. The van der Waals surface area contributed by atoms with Crippen molar-refractivity contribution in [3.8, 4) is 0 Å². The number of hydrogen-bond acceptors (Lipinski definition) is 7. The van der Waals surface area contributed by atoms with E-state index in [9.17, 15) is 9.59 Å². The Morgan fingerprint density at radius 2 is 1.57 bits per heavy atom. The summed E-state index contributed by atoms with van der Waals surface area (Å²) in [5.41, 5.74) is 2.28. The zero-order valence-corrected chi connectivity index (χ0v) is 16.9. The highest BCUT2D eigenvalue weighted by Gasteiger charge is 2.17. The molecule has 0 spiro atoms. The molecule has 0 bridgehead atoms. The molecular formula is C19H19N5O2S2. The molecule has 2 aromatic carbocycles. The van der Waals surface area contributed by atoms with Gasteiger partial charge in [-0.15, -0.1) is 10.2 Å². The summed E-state index contributed by atoms with van der Waals surface area (Å²) in [5, 5.41) is 17.3. The number of benzene rings is 2. The molecule has 1 heterocycles. The summed E-state index contributed by atoms with van der Waals surface area (Å²) >= 11 is 2.75. The SMILES string of the molecule is CC(=O)Nc1ccc(NC(=O)[C@H](C)Sc2nnc(Nc3ccccc3)s2)cc1. The van der Waals surface area contributed by atoms with Crippen molar-refractivity contribution < 1.29 is 9.59 Å². The Kier molecular flexibility index (Phi) is 6.62. The second-order valence-corrected chi connectivity index (χ2v) is 8.44. The second-order valence-electron chi connectivity index (χ2n) is 5.87. The Balaban J connectivity index is 1.53. The minimum absolute atomic E-state index is 0.134. The number of rotatable bonds is 7. The molecule has 28 heavy (non-hydrogen) atoms. The normalized spacial score (nSPS) is 11.5. The number of amides is 2. The van der Waals surface area contributed by atoms with E-state index in [0.717, 1.165) is 5.69 Å². The first-order valence-electron chi connectivity index (χ1n) is 8.50. The molecule has 0 aliphatic rings. The first-order chi connectivity index (χ1) is 13.5. The van der Waals surface area contributed by atoms with Crippen molar-refractivity contribution in [1.82, 2.24) is 10.2 Å². The number of aromatic nitrogens is 2. The summed E-state index contributed by atoms with van der Waals surface area (Å²) in [6.45, 7) is 3.26. The van der Waals surface area contributed by atoms with Crippen molar-refractivity contribution in [3.63, 3.8) is 0 Å². The van der Waals surface area contributed by atoms with Gasteiger partial charge in [0.2, 0.25) is 16.9 Å². The van der Waals surface area contributed by atoms with E-state index >= 15 is 0 Å². The lowest BCUT2D eigenvalue weighted by atomic mass is 10.2. The summed E-state index contributed by atoms with van der Waals surface area (Å²) in [6.07, 6.45) is 0. The van der Waals surface area contributed by atoms with Crippen LogP contribution in [0.25, 0.3) is 0 Å². The highest BCUT2D eigenvalue weighted by Crippen LogP contribution is 2.30. The van der Waals surface area contributed by atoms with Crippen LogP contribution in [-0.4, -0.2) is 27.3 Å². The van der Waals surface area contributed by atoms with Gasteiger partial charge in [0, 0.05) is 24.0 Å². The Bertz CT molecular complexity index is 944. The van der Waals surface area contributed by atoms with Gasteiger partial charge in [0.05, 0.1) is 5.25 Å². The fourth-order valence-electron chi connectivity index (χ4n) is 2.24. The quantitative estimate of drug-likeness (QED) is 0.498. The second kappa shape index (κ2) is 9.34. The largest absolute Gasteiger partial charge is 0.330 e. The summed E-state index contributed by atoms with van der Waals surface area (Å²) in [4.78, 5) is 23.5. The predicted molar refractivity (Wildman–Crippen MR) is 114 cm³/mol. The van der Waals surface area contributed by atoms with Crippen molar-refractivity contribution in [2.24, 2.45) is 0 Å². The third kappa shape index (κ3) is 5.80.